The second kappa shape index (κ2) is 8.37. The van der Waals surface area contributed by atoms with E-state index in [2.05, 4.69) is 0 Å². The number of methoxy groups -OCH3 is 2. The number of hydrogen-bond acceptors (Lipinski definition) is 5. The van der Waals surface area contributed by atoms with E-state index in [-0.39, 0.29) is 24.4 Å². The monoisotopic (exact) mass is 412 g/mol. The van der Waals surface area contributed by atoms with Crippen molar-refractivity contribution >= 4 is 29.3 Å². The van der Waals surface area contributed by atoms with Crippen LogP contribution in [-0.2, 0) is 9.59 Å². The summed E-state index contributed by atoms with van der Waals surface area (Å²) in [4.78, 5) is 30.3. The van der Waals surface area contributed by atoms with E-state index in [0.29, 0.717) is 18.0 Å². The minimum absolute atomic E-state index is 0.0279. The van der Waals surface area contributed by atoms with Crippen molar-refractivity contribution in [2.75, 3.05) is 38.0 Å². The fourth-order valence-electron chi connectivity index (χ4n) is 4.04. The molecule has 1 unspecified atom stereocenters. The Morgan fingerprint density at radius 1 is 1.17 bits per heavy atom. The van der Waals surface area contributed by atoms with Crippen molar-refractivity contribution in [1.29, 1.82) is 0 Å². The van der Waals surface area contributed by atoms with Gasteiger partial charge in [0.15, 0.2) is 0 Å². The molecule has 7 heteroatoms. The first-order valence-corrected chi connectivity index (χ1v) is 10.6. The Hall–Kier alpha value is -2.67. The van der Waals surface area contributed by atoms with Gasteiger partial charge >= 0.3 is 0 Å². The third kappa shape index (κ3) is 3.79. The molecule has 1 atom stereocenters. The van der Waals surface area contributed by atoms with Crippen molar-refractivity contribution in [3.8, 4) is 11.5 Å². The first-order chi connectivity index (χ1) is 14.1. The Bertz CT molecular complexity index is 933. The lowest BCUT2D eigenvalue weighted by atomic mass is 10.0. The number of amides is 2. The van der Waals surface area contributed by atoms with Crippen molar-refractivity contribution in [1.82, 2.24) is 4.90 Å². The van der Waals surface area contributed by atoms with Crippen molar-refractivity contribution in [3.05, 3.63) is 48.0 Å². The number of thioether (sulfide) groups is 1. The standard InChI is InChI=1S/C22H24N2O4S/c1-27-15-9-10-16(19(12-15)28-2)17-7-5-11-23(17)21(25)13-24-18-6-3-4-8-20(18)29-14-22(24)26/h3-4,6,8-10,12,17H,5,7,11,13-14H2,1-2H3. The largest absolute Gasteiger partial charge is 0.497 e. The zero-order valence-corrected chi connectivity index (χ0v) is 17.4. The molecule has 152 valence electrons. The van der Waals surface area contributed by atoms with Gasteiger partial charge in [0.1, 0.15) is 18.0 Å². The number of fused-ring (bicyclic) bond motifs is 1. The highest BCUT2D eigenvalue weighted by atomic mass is 32.2. The van der Waals surface area contributed by atoms with Gasteiger partial charge in [-0.3, -0.25) is 9.59 Å². The molecule has 0 aromatic heterocycles. The number of nitrogens with zero attached hydrogens (tertiary/aromatic N) is 2. The molecule has 2 aromatic carbocycles. The number of hydrogen-bond donors (Lipinski definition) is 0. The van der Waals surface area contributed by atoms with E-state index in [0.717, 1.165) is 34.7 Å². The fourth-order valence-corrected chi connectivity index (χ4v) is 4.97. The highest BCUT2D eigenvalue weighted by Gasteiger charge is 2.34. The molecular formula is C22H24N2O4S. The van der Waals surface area contributed by atoms with Crippen LogP contribution in [0.15, 0.2) is 47.4 Å². The van der Waals surface area contributed by atoms with Gasteiger partial charge in [0.05, 0.1) is 31.7 Å². The van der Waals surface area contributed by atoms with Crippen LogP contribution in [0.4, 0.5) is 5.69 Å². The molecule has 2 heterocycles. The number of para-hydroxylation sites is 1. The molecular weight excluding hydrogens is 388 g/mol. The molecule has 0 aliphatic carbocycles. The molecule has 1 saturated heterocycles. The summed E-state index contributed by atoms with van der Waals surface area (Å²) >= 11 is 1.52. The SMILES string of the molecule is COc1ccc(C2CCCN2C(=O)CN2C(=O)CSc3ccccc32)c(OC)c1. The molecule has 1 fully saturated rings. The average Bonchev–Trinajstić information content (AvgIpc) is 3.25. The summed E-state index contributed by atoms with van der Waals surface area (Å²) in [5.41, 5.74) is 1.79. The predicted octanol–water partition coefficient (Wildman–Crippen LogP) is 3.51. The van der Waals surface area contributed by atoms with Crippen molar-refractivity contribution in [2.24, 2.45) is 0 Å². The van der Waals surface area contributed by atoms with Gasteiger partial charge in [-0.1, -0.05) is 12.1 Å². The summed E-state index contributed by atoms with van der Waals surface area (Å²) in [6.45, 7) is 0.739. The van der Waals surface area contributed by atoms with Gasteiger partial charge in [0.25, 0.3) is 0 Å². The topological polar surface area (TPSA) is 59.1 Å². The highest BCUT2D eigenvalue weighted by molar-refractivity contribution is 8.00. The van der Waals surface area contributed by atoms with Crippen LogP contribution in [0.25, 0.3) is 0 Å². The molecule has 0 radical (unpaired) electrons. The van der Waals surface area contributed by atoms with Crippen LogP contribution in [0.5, 0.6) is 11.5 Å². The summed E-state index contributed by atoms with van der Waals surface area (Å²) in [6.07, 6.45) is 1.79. The van der Waals surface area contributed by atoms with Crippen LogP contribution >= 0.6 is 11.8 Å². The number of benzene rings is 2. The van der Waals surface area contributed by atoms with Gasteiger partial charge in [-0.25, -0.2) is 0 Å². The van der Waals surface area contributed by atoms with E-state index in [1.165, 1.54) is 11.8 Å². The lowest BCUT2D eigenvalue weighted by Gasteiger charge is -2.32. The van der Waals surface area contributed by atoms with Gasteiger partial charge in [-0.15, -0.1) is 11.8 Å². The number of carbonyl (C=O) groups is 2. The van der Waals surface area contributed by atoms with Gasteiger partial charge in [-0.2, -0.15) is 0 Å². The smallest absolute Gasteiger partial charge is 0.243 e. The normalized spacial score (nSPS) is 18.6. The molecule has 4 rings (SSSR count). The zero-order chi connectivity index (χ0) is 20.4. The molecule has 2 amide bonds. The maximum atomic E-state index is 13.2. The van der Waals surface area contributed by atoms with E-state index in [1.54, 1.807) is 19.1 Å². The minimum atomic E-state index is -0.0622. The van der Waals surface area contributed by atoms with Gasteiger partial charge in [0.2, 0.25) is 11.8 Å². The number of likely N-dealkylation sites (tertiary alicyclic amines) is 1. The first-order valence-electron chi connectivity index (χ1n) is 9.66. The summed E-state index contributed by atoms with van der Waals surface area (Å²) in [7, 11) is 3.24. The molecule has 2 aliphatic heterocycles. The maximum Gasteiger partial charge on any atom is 0.243 e. The molecule has 0 saturated carbocycles. The average molecular weight is 413 g/mol. The Kier molecular flexibility index (Phi) is 5.67. The first kappa shape index (κ1) is 19.6. The second-order valence-corrected chi connectivity index (χ2v) is 8.11. The number of rotatable bonds is 5. The fraction of sp³-hybridized carbons (Fsp3) is 0.364. The van der Waals surface area contributed by atoms with Crippen molar-refractivity contribution in [3.63, 3.8) is 0 Å². The Morgan fingerprint density at radius 2 is 2.00 bits per heavy atom. The van der Waals surface area contributed by atoms with Gasteiger partial charge < -0.3 is 19.3 Å². The van der Waals surface area contributed by atoms with Gasteiger partial charge in [-0.05, 0) is 37.1 Å². The summed E-state index contributed by atoms with van der Waals surface area (Å²) in [5.74, 6) is 1.72. The van der Waals surface area contributed by atoms with E-state index >= 15 is 0 Å². The quantitative estimate of drug-likeness (QED) is 0.752. The van der Waals surface area contributed by atoms with Crippen LogP contribution in [0.1, 0.15) is 24.4 Å². The third-order valence-electron chi connectivity index (χ3n) is 5.47. The summed E-state index contributed by atoms with van der Waals surface area (Å²) in [5, 5.41) is 0. The number of ether oxygens (including phenoxy) is 2. The second-order valence-electron chi connectivity index (χ2n) is 7.09. The van der Waals surface area contributed by atoms with Crippen LogP contribution in [0.2, 0.25) is 0 Å². The summed E-state index contributed by atoms with van der Waals surface area (Å²) < 4.78 is 10.8. The van der Waals surface area contributed by atoms with E-state index in [4.69, 9.17) is 9.47 Å². The van der Waals surface area contributed by atoms with Crippen molar-refractivity contribution in [2.45, 2.75) is 23.8 Å². The molecule has 29 heavy (non-hydrogen) atoms. The Morgan fingerprint density at radius 3 is 2.79 bits per heavy atom. The number of carbonyl (C=O) groups excluding carboxylic acids is 2. The highest BCUT2D eigenvalue weighted by Crippen LogP contribution is 2.39. The Balaban J connectivity index is 1.57. The van der Waals surface area contributed by atoms with Gasteiger partial charge in [0, 0.05) is 23.1 Å². The van der Waals surface area contributed by atoms with Crippen LogP contribution in [0, 0.1) is 0 Å². The number of anilines is 1. The lowest BCUT2D eigenvalue weighted by Crippen LogP contribution is -2.44. The lowest BCUT2D eigenvalue weighted by molar-refractivity contribution is -0.132. The molecule has 0 spiro atoms. The minimum Gasteiger partial charge on any atom is -0.497 e. The van der Waals surface area contributed by atoms with E-state index in [1.807, 2.05) is 47.4 Å². The maximum absolute atomic E-state index is 13.2. The molecule has 0 bridgehead atoms. The Labute approximate surface area is 174 Å². The summed E-state index contributed by atoms with van der Waals surface area (Å²) in [6, 6.07) is 13.4. The van der Waals surface area contributed by atoms with E-state index in [9.17, 15) is 9.59 Å². The predicted molar refractivity (Wildman–Crippen MR) is 113 cm³/mol. The zero-order valence-electron chi connectivity index (χ0n) is 16.6. The molecule has 6 nitrogen and oxygen atoms in total. The van der Waals surface area contributed by atoms with Crippen molar-refractivity contribution < 1.29 is 19.1 Å². The van der Waals surface area contributed by atoms with Crippen LogP contribution < -0.4 is 14.4 Å². The van der Waals surface area contributed by atoms with E-state index < -0.39 is 0 Å². The molecule has 2 aromatic rings. The van der Waals surface area contributed by atoms with Crippen LogP contribution in [0.3, 0.4) is 0 Å². The molecule has 0 N–H and O–H groups in total. The van der Waals surface area contributed by atoms with Crippen LogP contribution in [-0.4, -0.2) is 49.8 Å². The third-order valence-corrected chi connectivity index (χ3v) is 6.52. The molecule has 2 aliphatic rings.